The zero-order valence-electron chi connectivity index (χ0n) is 27.0. The molecule has 0 bridgehead atoms. The minimum absolute atomic E-state index is 0.0877. The second-order valence-electron chi connectivity index (χ2n) is 12.2. The lowest BCUT2D eigenvalue weighted by Crippen LogP contribution is -2.56. The highest BCUT2D eigenvalue weighted by Gasteiger charge is 2.36. The Bertz CT molecular complexity index is 1540. The number of hydrogen-bond acceptors (Lipinski definition) is 9. The number of piperazine rings is 1. The largest absolute Gasteiger partial charge is 0.483 e. The maximum atomic E-state index is 13.5. The molecule has 2 atom stereocenters. The van der Waals surface area contributed by atoms with Crippen molar-refractivity contribution in [2.75, 3.05) is 45.9 Å². The van der Waals surface area contributed by atoms with E-state index >= 15 is 0 Å². The van der Waals surface area contributed by atoms with E-state index in [9.17, 15) is 33.9 Å². The van der Waals surface area contributed by atoms with Gasteiger partial charge in [-0.15, -0.1) is 0 Å². The van der Waals surface area contributed by atoms with Crippen molar-refractivity contribution in [3.63, 3.8) is 0 Å². The molecule has 48 heavy (non-hydrogen) atoms. The van der Waals surface area contributed by atoms with Crippen LogP contribution in [0.3, 0.4) is 0 Å². The number of aromatic nitrogens is 1. The third-order valence-electron chi connectivity index (χ3n) is 8.96. The summed E-state index contributed by atoms with van der Waals surface area (Å²) in [6, 6.07) is 6.75. The van der Waals surface area contributed by atoms with Gasteiger partial charge in [-0.1, -0.05) is 12.1 Å². The predicted molar refractivity (Wildman–Crippen MR) is 171 cm³/mol. The third kappa shape index (κ3) is 8.30. The topological polar surface area (TPSA) is 188 Å². The molecule has 1 aromatic carbocycles. The fraction of sp³-hybridized carbons (Fsp3) is 0.545. The molecule has 1 aromatic heterocycles. The first kappa shape index (κ1) is 34.4. The first-order valence-corrected chi connectivity index (χ1v) is 16.5. The van der Waals surface area contributed by atoms with Crippen molar-refractivity contribution in [2.45, 2.75) is 70.0 Å². The van der Waals surface area contributed by atoms with Crippen molar-refractivity contribution >= 4 is 46.6 Å². The molecule has 3 fully saturated rings. The van der Waals surface area contributed by atoms with Gasteiger partial charge in [0.15, 0.2) is 6.61 Å². The average Bonchev–Trinajstić information content (AvgIpc) is 3.57. The Balaban J connectivity index is 1.27. The van der Waals surface area contributed by atoms with Crippen molar-refractivity contribution < 1.29 is 43.3 Å². The summed E-state index contributed by atoms with van der Waals surface area (Å²) < 4.78 is 11.0. The number of nitrogens with zero attached hydrogens (tertiary/aromatic N) is 4. The molecular formula is C33H42N6O9. The fourth-order valence-corrected chi connectivity index (χ4v) is 6.09. The van der Waals surface area contributed by atoms with E-state index < -0.39 is 36.0 Å². The van der Waals surface area contributed by atoms with Crippen LogP contribution in [-0.4, -0.2) is 125 Å². The van der Waals surface area contributed by atoms with Crippen molar-refractivity contribution in [1.29, 1.82) is 0 Å². The maximum Gasteiger partial charge on any atom is 0.409 e. The van der Waals surface area contributed by atoms with E-state index in [2.05, 4.69) is 15.6 Å². The van der Waals surface area contributed by atoms with Gasteiger partial charge in [0.1, 0.15) is 23.5 Å². The molecule has 5 rings (SSSR count). The lowest BCUT2D eigenvalue weighted by atomic mass is 9.93. The molecule has 2 saturated heterocycles. The van der Waals surface area contributed by atoms with Crippen LogP contribution in [0.2, 0.25) is 0 Å². The highest BCUT2D eigenvalue weighted by molar-refractivity contribution is 5.99. The number of fused-ring (bicyclic) bond motifs is 1. The van der Waals surface area contributed by atoms with Gasteiger partial charge >= 0.3 is 12.1 Å². The van der Waals surface area contributed by atoms with Crippen LogP contribution in [0.15, 0.2) is 30.3 Å². The highest BCUT2D eigenvalue weighted by Crippen LogP contribution is 2.27. The Labute approximate surface area is 277 Å². The number of carboxylic acids is 1. The molecule has 2 aliphatic heterocycles. The summed E-state index contributed by atoms with van der Waals surface area (Å²) in [4.78, 5) is 85.5. The summed E-state index contributed by atoms with van der Waals surface area (Å²) in [5, 5.41) is 15.5. The molecule has 2 aromatic rings. The Kier molecular flexibility index (Phi) is 11.3. The number of carbonyl (C=O) groups is 6. The van der Waals surface area contributed by atoms with Gasteiger partial charge < -0.3 is 39.9 Å². The SMILES string of the molecule is CCOC(=O)N1CCN(C(=O)[C@H](CCC(=O)O)NC(=O)c2cc(OCC(=O)N3CCC[C@H]3C(=O)NC3CCC3)c3ccccc3n2)CC1. The van der Waals surface area contributed by atoms with E-state index in [1.54, 1.807) is 31.2 Å². The molecule has 3 aliphatic rings. The average molecular weight is 667 g/mol. The van der Waals surface area contributed by atoms with Crippen molar-refractivity contribution in [3.8, 4) is 5.75 Å². The van der Waals surface area contributed by atoms with Crippen molar-refractivity contribution in [1.82, 2.24) is 30.3 Å². The highest BCUT2D eigenvalue weighted by atomic mass is 16.6. The first-order chi connectivity index (χ1) is 23.1. The summed E-state index contributed by atoms with van der Waals surface area (Å²) in [5.41, 5.74) is 0.324. The van der Waals surface area contributed by atoms with Crippen LogP contribution in [0.1, 0.15) is 62.4 Å². The van der Waals surface area contributed by atoms with Crippen LogP contribution in [0, 0.1) is 0 Å². The molecule has 0 unspecified atom stereocenters. The van der Waals surface area contributed by atoms with Gasteiger partial charge in [0.25, 0.3) is 11.8 Å². The van der Waals surface area contributed by atoms with Crippen LogP contribution in [0.5, 0.6) is 5.75 Å². The Morgan fingerprint density at radius 3 is 2.40 bits per heavy atom. The van der Waals surface area contributed by atoms with E-state index in [4.69, 9.17) is 9.47 Å². The Morgan fingerprint density at radius 2 is 1.71 bits per heavy atom. The minimum atomic E-state index is -1.17. The number of benzene rings is 1. The lowest BCUT2D eigenvalue weighted by molar-refractivity contribution is -0.140. The molecule has 1 saturated carbocycles. The van der Waals surface area contributed by atoms with Gasteiger partial charge in [0.05, 0.1) is 12.1 Å². The van der Waals surface area contributed by atoms with Crippen LogP contribution in [-0.2, 0) is 23.9 Å². The molecule has 15 nitrogen and oxygen atoms in total. The lowest BCUT2D eigenvalue weighted by Gasteiger charge is -2.35. The number of likely N-dealkylation sites (tertiary alicyclic amines) is 1. The van der Waals surface area contributed by atoms with Gasteiger partial charge in [0.2, 0.25) is 11.8 Å². The standard InChI is InChI=1S/C33H42N6O9/c1-2-47-33(46)38-17-15-37(16-18-38)32(45)24(12-13-29(41)42)36-30(43)25-19-27(22-9-3-4-10-23(22)35-25)48-20-28(40)39-14-6-11-26(39)31(44)34-21-7-5-8-21/h3-4,9-10,19,21,24,26H,2,5-8,11-18,20H2,1H3,(H,34,44)(H,36,43)(H,41,42)/t24-,26-/m0/s1. The monoisotopic (exact) mass is 666 g/mol. The first-order valence-electron chi connectivity index (χ1n) is 16.5. The number of aliphatic carboxylic acids is 1. The molecule has 5 amide bonds. The number of carboxylic acid groups (broad SMARTS) is 1. The Morgan fingerprint density at radius 1 is 0.979 bits per heavy atom. The van der Waals surface area contributed by atoms with Crippen LogP contribution in [0.25, 0.3) is 10.9 Å². The van der Waals surface area contributed by atoms with Gasteiger partial charge in [-0.3, -0.25) is 24.0 Å². The van der Waals surface area contributed by atoms with Gasteiger partial charge in [0, 0.05) is 56.6 Å². The molecule has 0 radical (unpaired) electrons. The number of carbonyl (C=O) groups excluding carboxylic acids is 5. The van der Waals surface area contributed by atoms with Crippen LogP contribution >= 0.6 is 0 Å². The molecule has 15 heteroatoms. The molecule has 3 heterocycles. The summed E-state index contributed by atoms with van der Waals surface area (Å²) in [5.74, 6) is -2.60. The number of pyridine rings is 1. The summed E-state index contributed by atoms with van der Waals surface area (Å²) >= 11 is 0. The number of ether oxygens (including phenoxy) is 2. The van der Waals surface area contributed by atoms with E-state index in [-0.39, 0.29) is 81.5 Å². The number of nitrogens with one attached hydrogen (secondary N) is 2. The van der Waals surface area contributed by atoms with Gasteiger partial charge in [-0.25, -0.2) is 9.78 Å². The number of rotatable bonds is 12. The number of amides is 5. The zero-order chi connectivity index (χ0) is 34.2. The second-order valence-corrected chi connectivity index (χ2v) is 12.2. The maximum absolute atomic E-state index is 13.5. The smallest absolute Gasteiger partial charge is 0.409 e. The summed E-state index contributed by atoms with van der Waals surface area (Å²) in [6.45, 7) is 2.87. The third-order valence-corrected chi connectivity index (χ3v) is 8.96. The normalized spacial score (nSPS) is 18.5. The van der Waals surface area contributed by atoms with E-state index in [0.717, 1.165) is 19.3 Å². The number of hydrogen-bond donors (Lipinski definition) is 3. The quantitative estimate of drug-likeness (QED) is 0.300. The molecule has 258 valence electrons. The zero-order valence-corrected chi connectivity index (χ0v) is 27.0. The fourth-order valence-electron chi connectivity index (χ4n) is 6.09. The minimum Gasteiger partial charge on any atom is -0.483 e. The summed E-state index contributed by atoms with van der Waals surface area (Å²) in [7, 11) is 0. The van der Waals surface area contributed by atoms with E-state index in [1.807, 2.05) is 0 Å². The van der Waals surface area contributed by atoms with Crippen LogP contribution < -0.4 is 15.4 Å². The van der Waals surface area contributed by atoms with Crippen molar-refractivity contribution in [3.05, 3.63) is 36.0 Å². The van der Waals surface area contributed by atoms with Crippen LogP contribution in [0.4, 0.5) is 4.79 Å². The Hall–Kier alpha value is -4.95. The van der Waals surface area contributed by atoms with E-state index in [0.29, 0.717) is 30.3 Å². The van der Waals surface area contributed by atoms with Crippen molar-refractivity contribution in [2.24, 2.45) is 0 Å². The van der Waals surface area contributed by atoms with Gasteiger partial charge in [-0.2, -0.15) is 0 Å². The number of para-hydroxylation sites is 1. The second kappa shape index (κ2) is 15.8. The van der Waals surface area contributed by atoms with Gasteiger partial charge in [-0.05, 0) is 57.6 Å². The molecule has 1 aliphatic carbocycles. The molecule has 3 N–H and O–H groups in total. The van der Waals surface area contributed by atoms with E-state index in [1.165, 1.54) is 20.8 Å². The molecule has 0 spiro atoms. The molecular weight excluding hydrogens is 624 g/mol. The predicted octanol–water partition coefficient (Wildman–Crippen LogP) is 1.54. The summed E-state index contributed by atoms with van der Waals surface area (Å²) in [6.07, 6.45) is 3.27.